The molecule has 0 aliphatic carbocycles. The summed E-state index contributed by atoms with van der Waals surface area (Å²) in [5.41, 5.74) is 7.07. The number of urea groups is 1. The highest BCUT2D eigenvalue weighted by Crippen LogP contribution is 2.31. The van der Waals surface area contributed by atoms with Crippen LogP contribution >= 0.6 is 11.8 Å². The lowest BCUT2D eigenvalue weighted by Crippen LogP contribution is -2.49. The molecule has 3 rings (SSSR count). The fourth-order valence-electron chi connectivity index (χ4n) is 3.72. The highest BCUT2D eigenvalue weighted by atomic mass is 32.2. The van der Waals surface area contributed by atoms with Crippen molar-refractivity contribution in [1.82, 2.24) is 30.5 Å². The van der Waals surface area contributed by atoms with Gasteiger partial charge in [-0.05, 0) is 17.9 Å². The smallest absolute Gasteiger partial charge is 0.344 e. The third kappa shape index (κ3) is 5.38. The van der Waals surface area contributed by atoms with Gasteiger partial charge in [-0.25, -0.2) is 4.79 Å². The van der Waals surface area contributed by atoms with E-state index in [1.807, 2.05) is 24.5 Å². The lowest BCUT2D eigenvalue weighted by Gasteiger charge is -2.25. The molecule has 0 bridgehead atoms. The minimum Gasteiger partial charge on any atom is -0.370 e. The number of carbonyl (C=O) groups is 4. The highest BCUT2D eigenvalue weighted by molar-refractivity contribution is 7.99. The number of thioether (sulfide) groups is 1. The van der Waals surface area contributed by atoms with Crippen LogP contribution in [0.2, 0.25) is 0 Å². The van der Waals surface area contributed by atoms with E-state index in [1.54, 1.807) is 31.2 Å². The van der Waals surface area contributed by atoms with Gasteiger partial charge in [-0.15, -0.1) is 10.2 Å². The Hall–Kier alpha value is -3.41. The molecule has 1 aliphatic heterocycles. The molecule has 0 radical (unpaired) electrons. The van der Waals surface area contributed by atoms with Gasteiger partial charge in [0.15, 0.2) is 5.16 Å². The highest BCUT2D eigenvalue weighted by Gasteiger charge is 2.52. The van der Waals surface area contributed by atoms with Gasteiger partial charge in [-0.2, -0.15) is 5.01 Å². The summed E-state index contributed by atoms with van der Waals surface area (Å²) in [6.07, 6.45) is 0.825. The zero-order valence-corrected chi connectivity index (χ0v) is 20.2. The van der Waals surface area contributed by atoms with Crippen molar-refractivity contribution in [3.63, 3.8) is 0 Å². The lowest BCUT2D eigenvalue weighted by atomic mass is 9.87. The molecule has 5 amide bonds. The Morgan fingerprint density at radius 2 is 1.91 bits per heavy atom. The molecule has 11 nitrogen and oxygen atoms in total. The average molecular weight is 488 g/mol. The summed E-state index contributed by atoms with van der Waals surface area (Å²) in [4.78, 5) is 49.5. The maximum absolute atomic E-state index is 13.1. The van der Waals surface area contributed by atoms with Crippen LogP contribution in [0.15, 0.2) is 35.5 Å². The normalized spacial score (nSPS) is 17.8. The molecule has 182 valence electrons. The molecule has 1 aromatic heterocycles. The summed E-state index contributed by atoms with van der Waals surface area (Å²) in [5, 5.41) is 12.2. The van der Waals surface area contributed by atoms with Crippen LogP contribution in [0, 0.1) is 5.92 Å². The average Bonchev–Trinajstić information content (AvgIpc) is 3.29. The minimum atomic E-state index is -1.23. The largest absolute Gasteiger partial charge is 0.370 e. The van der Waals surface area contributed by atoms with Crippen molar-refractivity contribution in [3.05, 3.63) is 41.7 Å². The van der Waals surface area contributed by atoms with Crippen LogP contribution in [0.25, 0.3) is 0 Å². The van der Waals surface area contributed by atoms with E-state index in [2.05, 4.69) is 20.9 Å². The van der Waals surface area contributed by atoms with Crippen LogP contribution in [0.4, 0.5) is 4.79 Å². The first-order valence-electron chi connectivity index (χ1n) is 11.0. The Bertz CT molecular complexity index is 1070. The summed E-state index contributed by atoms with van der Waals surface area (Å²) in [6.45, 7) is 6.46. The van der Waals surface area contributed by atoms with E-state index >= 15 is 0 Å². The molecule has 1 fully saturated rings. The standard InChI is InChI=1S/C22H29N7O4S/c1-4-22(15-8-6-5-7-9-15)19(32)29(20(33)24-22)27-18(31)13-34-21-26-25-17(11-10-16(23)30)28(21)12-14(2)3/h5-9,14H,4,10-13H2,1-3H3,(H2,23,30)(H,24,33)(H,27,31). The number of nitrogens with zero attached hydrogens (tertiary/aromatic N) is 4. The molecule has 1 atom stereocenters. The van der Waals surface area contributed by atoms with Crippen LogP contribution in [-0.4, -0.2) is 49.3 Å². The number of hydrogen-bond donors (Lipinski definition) is 3. The topological polar surface area (TPSA) is 152 Å². The third-order valence-corrected chi connectivity index (χ3v) is 6.36. The van der Waals surface area contributed by atoms with Gasteiger partial charge in [0, 0.05) is 19.4 Å². The van der Waals surface area contributed by atoms with E-state index in [-0.39, 0.29) is 18.1 Å². The molecule has 1 saturated heterocycles. The van der Waals surface area contributed by atoms with Crippen molar-refractivity contribution < 1.29 is 19.2 Å². The molecule has 2 aromatic rings. The maximum atomic E-state index is 13.1. The van der Waals surface area contributed by atoms with Crippen molar-refractivity contribution >= 4 is 35.5 Å². The van der Waals surface area contributed by atoms with Crippen LogP contribution in [-0.2, 0) is 32.9 Å². The number of benzene rings is 1. The first kappa shape index (κ1) is 25.2. The van der Waals surface area contributed by atoms with E-state index in [1.165, 1.54) is 0 Å². The molecular formula is C22H29N7O4S. The van der Waals surface area contributed by atoms with E-state index in [9.17, 15) is 19.2 Å². The van der Waals surface area contributed by atoms with Gasteiger partial charge in [-0.3, -0.25) is 19.8 Å². The van der Waals surface area contributed by atoms with E-state index < -0.39 is 29.3 Å². The molecule has 2 heterocycles. The second kappa shape index (κ2) is 10.7. The fraction of sp³-hybridized carbons (Fsp3) is 0.455. The molecule has 1 unspecified atom stereocenters. The number of hydrogen-bond acceptors (Lipinski definition) is 7. The predicted octanol–water partition coefficient (Wildman–Crippen LogP) is 1.33. The van der Waals surface area contributed by atoms with Crippen molar-refractivity contribution in [3.8, 4) is 0 Å². The second-order valence-electron chi connectivity index (χ2n) is 8.39. The Morgan fingerprint density at radius 1 is 1.21 bits per heavy atom. The van der Waals surface area contributed by atoms with Crippen molar-refractivity contribution in [2.45, 2.75) is 57.3 Å². The molecule has 0 spiro atoms. The van der Waals surface area contributed by atoms with E-state index in [4.69, 9.17) is 5.73 Å². The van der Waals surface area contributed by atoms with Crippen molar-refractivity contribution in [2.75, 3.05) is 5.75 Å². The van der Waals surface area contributed by atoms with Gasteiger partial charge in [0.1, 0.15) is 11.4 Å². The van der Waals surface area contributed by atoms with Gasteiger partial charge in [0.05, 0.1) is 5.75 Å². The Balaban J connectivity index is 1.68. The Kier molecular flexibility index (Phi) is 7.92. The van der Waals surface area contributed by atoms with Crippen molar-refractivity contribution in [1.29, 1.82) is 0 Å². The fourth-order valence-corrected chi connectivity index (χ4v) is 4.48. The van der Waals surface area contributed by atoms with Gasteiger partial charge in [-0.1, -0.05) is 62.9 Å². The SMILES string of the molecule is CCC1(c2ccccc2)NC(=O)N(NC(=O)CSc2nnc(CCC(N)=O)n2CC(C)C)C1=O. The van der Waals surface area contributed by atoms with Gasteiger partial charge < -0.3 is 15.6 Å². The Labute approximate surface area is 201 Å². The first-order chi connectivity index (χ1) is 16.2. The zero-order valence-electron chi connectivity index (χ0n) is 19.4. The van der Waals surface area contributed by atoms with Gasteiger partial charge in [0.2, 0.25) is 11.8 Å². The summed E-state index contributed by atoms with van der Waals surface area (Å²) in [7, 11) is 0. The quantitative estimate of drug-likeness (QED) is 0.319. The zero-order chi connectivity index (χ0) is 24.9. The van der Waals surface area contributed by atoms with Crippen LogP contribution in [0.5, 0.6) is 0 Å². The van der Waals surface area contributed by atoms with Crippen LogP contribution < -0.4 is 16.5 Å². The molecule has 34 heavy (non-hydrogen) atoms. The number of nitrogens with two attached hydrogens (primary N) is 1. The number of hydrazine groups is 1. The van der Waals surface area contributed by atoms with Gasteiger partial charge in [0.25, 0.3) is 5.91 Å². The molecule has 0 saturated carbocycles. The number of aryl methyl sites for hydroxylation is 1. The van der Waals surface area contributed by atoms with Crippen LogP contribution in [0.1, 0.15) is 45.0 Å². The molecular weight excluding hydrogens is 458 g/mol. The van der Waals surface area contributed by atoms with E-state index in [0.717, 1.165) is 16.8 Å². The Morgan fingerprint density at radius 3 is 2.53 bits per heavy atom. The number of nitrogens with one attached hydrogen (secondary N) is 2. The number of imide groups is 1. The minimum absolute atomic E-state index is 0.0897. The lowest BCUT2D eigenvalue weighted by molar-refractivity contribution is -0.138. The predicted molar refractivity (Wildman–Crippen MR) is 125 cm³/mol. The molecule has 1 aromatic carbocycles. The number of aromatic nitrogens is 3. The van der Waals surface area contributed by atoms with Crippen LogP contribution in [0.3, 0.4) is 0 Å². The number of primary amides is 1. The number of carbonyl (C=O) groups excluding carboxylic acids is 4. The summed E-state index contributed by atoms with van der Waals surface area (Å²) in [6, 6.07) is 8.23. The maximum Gasteiger partial charge on any atom is 0.344 e. The summed E-state index contributed by atoms with van der Waals surface area (Å²) >= 11 is 1.13. The van der Waals surface area contributed by atoms with Gasteiger partial charge >= 0.3 is 6.03 Å². The van der Waals surface area contributed by atoms with Crippen molar-refractivity contribution in [2.24, 2.45) is 11.7 Å². The first-order valence-corrected chi connectivity index (χ1v) is 12.0. The summed E-state index contributed by atoms with van der Waals surface area (Å²) < 4.78 is 1.86. The number of amides is 5. The number of rotatable bonds is 11. The summed E-state index contributed by atoms with van der Waals surface area (Å²) in [5.74, 6) is -0.705. The van der Waals surface area contributed by atoms with E-state index in [0.29, 0.717) is 35.9 Å². The third-order valence-electron chi connectivity index (χ3n) is 5.39. The molecule has 4 N–H and O–H groups in total. The molecule has 1 aliphatic rings. The molecule has 12 heteroatoms. The second-order valence-corrected chi connectivity index (χ2v) is 9.33. The monoisotopic (exact) mass is 487 g/mol.